The molecule has 4 heteroatoms. The molecule has 2 fully saturated rings. The second-order valence-corrected chi connectivity index (χ2v) is 5.80. The summed E-state index contributed by atoms with van der Waals surface area (Å²) >= 11 is 0. The Kier molecular flexibility index (Phi) is 3.07. The first-order valence-corrected chi connectivity index (χ1v) is 6.87. The topological polar surface area (TPSA) is 43.8 Å². The number of benzene rings is 1. The number of rotatable bonds is 2. The van der Waals surface area contributed by atoms with Gasteiger partial charge in [0, 0.05) is 25.6 Å². The van der Waals surface area contributed by atoms with Crippen molar-refractivity contribution in [3.05, 3.63) is 35.9 Å². The van der Waals surface area contributed by atoms with Crippen LogP contribution in [-0.4, -0.2) is 45.7 Å². The molecule has 2 atom stereocenters. The van der Waals surface area contributed by atoms with Gasteiger partial charge in [-0.25, -0.2) is 0 Å². The second-order valence-electron chi connectivity index (χ2n) is 5.80. The van der Waals surface area contributed by atoms with Gasteiger partial charge in [0.15, 0.2) is 0 Å². The van der Waals surface area contributed by atoms with Crippen LogP contribution in [0.1, 0.15) is 25.3 Å². The third kappa shape index (κ3) is 2.38. The first-order chi connectivity index (χ1) is 9.06. The van der Waals surface area contributed by atoms with Crippen molar-refractivity contribution in [2.45, 2.75) is 38.1 Å². The van der Waals surface area contributed by atoms with Crippen LogP contribution >= 0.6 is 0 Å². The van der Waals surface area contributed by atoms with Crippen LogP contribution in [0.5, 0.6) is 0 Å². The van der Waals surface area contributed by atoms with E-state index in [1.807, 2.05) is 23.1 Å². The lowest BCUT2D eigenvalue weighted by Crippen LogP contribution is -2.63. The molecule has 19 heavy (non-hydrogen) atoms. The van der Waals surface area contributed by atoms with Crippen LogP contribution in [0.15, 0.2) is 30.3 Å². The van der Waals surface area contributed by atoms with Gasteiger partial charge >= 0.3 is 0 Å². The van der Waals surface area contributed by atoms with Crippen LogP contribution < -0.4 is 0 Å². The molecule has 4 nitrogen and oxygen atoms in total. The maximum Gasteiger partial charge on any atom is 0.223 e. The molecule has 3 rings (SSSR count). The zero-order valence-corrected chi connectivity index (χ0v) is 11.2. The SMILES string of the molecule is CC1(O)CN2C(=O)CCC2CN1Cc1ccccc1. The fraction of sp³-hybridized carbons (Fsp3) is 0.533. The van der Waals surface area contributed by atoms with Crippen LogP contribution in [0.3, 0.4) is 0 Å². The van der Waals surface area contributed by atoms with Gasteiger partial charge in [-0.1, -0.05) is 30.3 Å². The predicted octanol–water partition coefficient (Wildman–Crippen LogP) is 1.20. The smallest absolute Gasteiger partial charge is 0.223 e. The minimum atomic E-state index is -0.938. The molecule has 0 radical (unpaired) electrons. The molecule has 2 unspecified atom stereocenters. The monoisotopic (exact) mass is 260 g/mol. The average Bonchev–Trinajstić information content (AvgIpc) is 2.72. The lowest BCUT2D eigenvalue weighted by atomic mass is 10.0. The number of carbonyl (C=O) groups is 1. The first kappa shape index (κ1) is 12.6. The van der Waals surface area contributed by atoms with Crippen LogP contribution in [0.2, 0.25) is 0 Å². The molecule has 0 aliphatic carbocycles. The summed E-state index contributed by atoms with van der Waals surface area (Å²) in [5.41, 5.74) is 0.257. The van der Waals surface area contributed by atoms with Crippen LogP contribution in [-0.2, 0) is 11.3 Å². The highest BCUT2D eigenvalue weighted by Crippen LogP contribution is 2.30. The summed E-state index contributed by atoms with van der Waals surface area (Å²) < 4.78 is 0. The van der Waals surface area contributed by atoms with Crippen molar-refractivity contribution >= 4 is 5.91 Å². The number of hydrogen-bond acceptors (Lipinski definition) is 3. The van der Waals surface area contributed by atoms with E-state index in [4.69, 9.17) is 0 Å². The summed E-state index contributed by atoms with van der Waals surface area (Å²) in [7, 11) is 0. The summed E-state index contributed by atoms with van der Waals surface area (Å²) in [5.74, 6) is 0.185. The molecule has 1 aromatic carbocycles. The Morgan fingerprint density at radius 2 is 2.11 bits per heavy atom. The highest BCUT2D eigenvalue weighted by atomic mass is 16.3. The van der Waals surface area contributed by atoms with Gasteiger partial charge in [-0.3, -0.25) is 9.69 Å². The average molecular weight is 260 g/mol. The summed E-state index contributed by atoms with van der Waals surface area (Å²) in [6.07, 6.45) is 1.54. The maximum absolute atomic E-state index is 11.8. The van der Waals surface area contributed by atoms with Crippen molar-refractivity contribution in [2.24, 2.45) is 0 Å². The predicted molar refractivity (Wildman–Crippen MR) is 72.2 cm³/mol. The van der Waals surface area contributed by atoms with Crippen molar-refractivity contribution in [2.75, 3.05) is 13.1 Å². The van der Waals surface area contributed by atoms with Crippen LogP contribution in [0.25, 0.3) is 0 Å². The highest BCUT2D eigenvalue weighted by Gasteiger charge is 2.45. The molecule has 102 valence electrons. The van der Waals surface area contributed by atoms with Gasteiger partial charge in [0.25, 0.3) is 0 Å². The number of nitrogens with zero attached hydrogens (tertiary/aromatic N) is 2. The Labute approximate surface area is 113 Å². The van der Waals surface area contributed by atoms with E-state index in [1.165, 1.54) is 5.56 Å². The molecule has 0 bridgehead atoms. The standard InChI is InChI=1S/C15H20N2O2/c1-15(19)11-17-13(7-8-14(17)18)10-16(15)9-12-5-3-2-4-6-12/h2-6,13,19H,7-11H2,1H3. The maximum atomic E-state index is 11.8. The van der Waals surface area contributed by atoms with E-state index >= 15 is 0 Å². The van der Waals surface area contributed by atoms with Crippen molar-refractivity contribution in [1.29, 1.82) is 0 Å². The summed E-state index contributed by atoms with van der Waals surface area (Å²) in [5, 5.41) is 10.6. The molecule has 1 amide bonds. The minimum absolute atomic E-state index is 0.185. The molecule has 2 heterocycles. The van der Waals surface area contributed by atoms with Crippen molar-refractivity contribution < 1.29 is 9.90 Å². The Morgan fingerprint density at radius 1 is 1.37 bits per heavy atom. The van der Waals surface area contributed by atoms with E-state index in [1.54, 1.807) is 6.92 Å². The van der Waals surface area contributed by atoms with E-state index in [0.717, 1.165) is 19.5 Å². The fourth-order valence-electron chi connectivity index (χ4n) is 3.11. The third-order valence-corrected chi connectivity index (χ3v) is 4.25. The Hall–Kier alpha value is -1.39. The number of carbonyl (C=O) groups excluding carboxylic acids is 1. The molecular weight excluding hydrogens is 240 g/mol. The molecule has 0 saturated carbocycles. The number of amides is 1. The van der Waals surface area contributed by atoms with Gasteiger partial charge in [0.1, 0.15) is 5.72 Å². The normalized spacial score (nSPS) is 31.6. The van der Waals surface area contributed by atoms with Gasteiger partial charge < -0.3 is 10.0 Å². The molecule has 1 N–H and O–H groups in total. The van der Waals surface area contributed by atoms with Gasteiger partial charge in [-0.05, 0) is 18.9 Å². The Bertz CT molecular complexity index is 472. The van der Waals surface area contributed by atoms with E-state index < -0.39 is 5.72 Å². The number of hydrogen-bond donors (Lipinski definition) is 1. The zero-order chi connectivity index (χ0) is 13.5. The Morgan fingerprint density at radius 3 is 2.84 bits per heavy atom. The molecular formula is C15H20N2O2. The highest BCUT2D eigenvalue weighted by molar-refractivity contribution is 5.79. The summed E-state index contributed by atoms with van der Waals surface area (Å²) in [6.45, 7) is 3.71. The summed E-state index contributed by atoms with van der Waals surface area (Å²) in [6, 6.07) is 10.4. The van der Waals surface area contributed by atoms with Crippen LogP contribution in [0.4, 0.5) is 0 Å². The van der Waals surface area contributed by atoms with E-state index in [9.17, 15) is 9.90 Å². The molecule has 2 aliphatic rings. The molecule has 0 spiro atoms. The van der Waals surface area contributed by atoms with Gasteiger partial charge in [0.2, 0.25) is 5.91 Å². The quantitative estimate of drug-likeness (QED) is 0.869. The van der Waals surface area contributed by atoms with Gasteiger partial charge in [0.05, 0.1) is 6.54 Å². The van der Waals surface area contributed by atoms with Crippen molar-refractivity contribution in [1.82, 2.24) is 9.80 Å². The molecule has 2 saturated heterocycles. The van der Waals surface area contributed by atoms with E-state index in [0.29, 0.717) is 13.0 Å². The van der Waals surface area contributed by atoms with Crippen molar-refractivity contribution in [3.63, 3.8) is 0 Å². The fourth-order valence-corrected chi connectivity index (χ4v) is 3.11. The lowest BCUT2D eigenvalue weighted by Gasteiger charge is -2.47. The number of aliphatic hydroxyl groups is 1. The van der Waals surface area contributed by atoms with Crippen molar-refractivity contribution in [3.8, 4) is 0 Å². The molecule has 0 aromatic heterocycles. The van der Waals surface area contributed by atoms with E-state index in [-0.39, 0.29) is 11.9 Å². The molecule has 2 aliphatic heterocycles. The van der Waals surface area contributed by atoms with E-state index in [2.05, 4.69) is 17.0 Å². The van der Waals surface area contributed by atoms with Gasteiger partial charge in [-0.2, -0.15) is 0 Å². The first-order valence-electron chi connectivity index (χ1n) is 6.87. The Balaban J connectivity index is 1.76. The second kappa shape index (κ2) is 4.62. The third-order valence-electron chi connectivity index (χ3n) is 4.25. The number of piperazine rings is 1. The minimum Gasteiger partial charge on any atom is -0.374 e. The van der Waals surface area contributed by atoms with Crippen LogP contribution in [0, 0.1) is 0 Å². The summed E-state index contributed by atoms with van der Waals surface area (Å²) in [4.78, 5) is 15.7. The lowest BCUT2D eigenvalue weighted by molar-refractivity contribution is -0.166. The van der Waals surface area contributed by atoms with Gasteiger partial charge in [-0.15, -0.1) is 0 Å². The zero-order valence-electron chi connectivity index (χ0n) is 11.2. The molecule has 1 aromatic rings. The largest absolute Gasteiger partial charge is 0.374 e. The number of fused-ring (bicyclic) bond motifs is 1.